The largest absolute Gasteiger partial charge is 0.405 e. The van der Waals surface area contributed by atoms with Crippen molar-refractivity contribution in [1.82, 2.24) is 4.57 Å². The van der Waals surface area contributed by atoms with E-state index in [1.165, 1.54) is 74.1 Å². The summed E-state index contributed by atoms with van der Waals surface area (Å²) >= 11 is 0. The Balaban J connectivity index is 0.000000161. The monoisotopic (exact) mass is 664 g/mol. The number of para-hydroxylation sites is 2. The van der Waals surface area contributed by atoms with E-state index < -0.39 is 0 Å². The first-order chi connectivity index (χ1) is 25.1. The number of benzene rings is 5. The van der Waals surface area contributed by atoms with Crippen LogP contribution in [0, 0.1) is 6.92 Å². The van der Waals surface area contributed by atoms with Crippen LogP contribution < -0.4 is 16.4 Å². The number of hydrogen-bond donors (Lipinski definition) is 2. The maximum absolute atomic E-state index is 6.13. The van der Waals surface area contributed by atoms with Gasteiger partial charge < -0.3 is 20.9 Å². The Morgan fingerprint density at radius 1 is 0.765 bits per heavy atom. The summed E-state index contributed by atoms with van der Waals surface area (Å²) < 4.78 is 2.39. The van der Waals surface area contributed by atoms with Gasteiger partial charge in [-0.2, -0.15) is 0 Å². The Morgan fingerprint density at radius 3 is 2.33 bits per heavy atom. The fourth-order valence-electron chi connectivity index (χ4n) is 8.00. The molecule has 252 valence electrons. The van der Waals surface area contributed by atoms with E-state index in [4.69, 9.17) is 11.5 Å². The van der Waals surface area contributed by atoms with Crippen LogP contribution in [0.25, 0.3) is 39.5 Å². The average Bonchev–Trinajstić information content (AvgIpc) is 3.71. The van der Waals surface area contributed by atoms with E-state index in [0.717, 1.165) is 24.8 Å². The molecule has 3 aliphatic rings. The Morgan fingerprint density at radius 2 is 1.53 bits per heavy atom. The van der Waals surface area contributed by atoms with Crippen LogP contribution in [0.5, 0.6) is 0 Å². The fraction of sp³-hybridized carbons (Fsp3) is 0.149. The number of fused-ring (bicyclic) bond motifs is 6. The van der Waals surface area contributed by atoms with Gasteiger partial charge in [0.1, 0.15) is 0 Å². The average molecular weight is 665 g/mol. The molecule has 2 atom stereocenters. The van der Waals surface area contributed by atoms with Crippen LogP contribution in [0.15, 0.2) is 158 Å². The second kappa shape index (κ2) is 14.1. The fourth-order valence-corrected chi connectivity index (χ4v) is 8.00. The Kier molecular flexibility index (Phi) is 8.90. The Labute approximate surface area is 301 Å². The molecule has 6 aromatic rings. The van der Waals surface area contributed by atoms with Gasteiger partial charge in [0.2, 0.25) is 0 Å². The predicted molar refractivity (Wildman–Crippen MR) is 216 cm³/mol. The molecule has 0 spiro atoms. The number of rotatable bonds is 5. The third kappa shape index (κ3) is 6.19. The van der Waals surface area contributed by atoms with Gasteiger partial charge in [0.05, 0.1) is 11.6 Å². The molecule has 0 amide bonds. The molecule has 0 bridgehead atoms. The van der Waals surface area contributed by atoms with Crippen molar-refractivity contribution in [3.05, 3.63) is 186 Å². The van der Waals surface area contributed by atoms with Crippen molar-refractivity contribution in [3.63, 3.8) is 0 Å². The molecule has 1 aromatic heterocycles. The molecule has 0 radical (unpaired) electrons. The number of allylic oxidation sites excluding steroid dienone is 4. The van der Waals surface area contributed by atoms with Crippen molar-refractivity contribution in [2.24, 2.45) is 11.5 Å². The van der Waals surface area contributed by atoms with Crippen LogP contribution in [0.4, 0.5) is 11.4 Å². The third-order valence-electron chi connectivity index (χ3n) is 10.5. The van der Waals surface area contributed by atoms with E-state index in [2.05, 4.69) is 162 Å². The molecule has 51 heavy (non-hydrogen) atoms. The van der Waals surface area contributed by atoms with Gasteiger partial charge in [-0.25, -0.2) is 0 Å². The second-order valence-corrected chi connectivity index (χ2v) is 13.7. The molecule has 0 saturated heterocycles. The highest BCUT2D eigenvalue weighted by atomic mass is 15.2. The van der Waals surface area contributed by atoms with Gasteiger partial charge in [0, 0.05) is 39.8 Å². The summed E-state index contributed by atoms with van der Waals surface area (Å²) in [6.07, 6.45) is 19.0. The third-order valence-corrected chi connectivity index (χ3v) is 10.5. The van der Waals surface area contributed by atoms with Crippen LogP contribution >= 0.6 is 0 Å². The lowest BCUT2D eigenvalue weighted by molar-refractivity contribution is 0.573. The van der Waals surface area contributed by atoms with Gasteiger partial charge >= 0.3 is 0 Å². The minimum absolute atomic E-state index is 0.393. The lowest BCUT2D eigenvalue weighted by Gasteiger charge is -2.30. The summed E-state index contributed by atoms with van der Waals surface area (Å²) in [6, 6.07) is 44.0. The summed E-state index contributed by atoms with van der Waals surface area (Å²) in [5.74, 6) is 0.529. The zero-order chi connectivity index (χ0) is 34.7. The number of hydrogen-bond acceptors (Lipinski definition) is 3. The first kappa shape index (κ1) is 32.2. The molecule has 2 aliphatic carbocycles. The minimum atomic E-state index is 0.393. The van der Waals surface area contributed by atoms with E-state index in [-0.39, 0.29) is 0 Å². The first-order valence-corrected chi connectivity index (χ1v) is 18.1. The van der Waals surface area contributed by atoms with Crippen molar-refractivity contribution < 1.29 is 0 Å². The summed E-state index contributed by atoms with van der Waals surface area (Å²) in [5.41, 5.74) is 26.4. The summed E-state index contributed by atoms with van der Waals surface area (Å²) in [4.78, 5) is 2.50. The maximum Gasteiger partial charge on any atom is 0.0591 e. The highest BCUT2D eigenvalue weighted by molar-refractivity contribution is 5.90. The molecule has 1 aliphatic heterocycles. The molecule has 2 unspecified atom stereocenters. The van der Waals surface area contributed by atoms with Gasteiger partial charge in [0.15, 0.2) is 0 Å². The molecule has 0 fully saturated rings. The van der Waals surface area contributed by atoms with Gasteiger partial charge in [0.25, 0.3) is 0 Å². The highest BCUT2D eigenvalue weighted by Gasteiger charge is 2.38. The van der Waals surface area contributed by atoms with Crippen molar-refractivity contribution >= 4 is 34.1 Å². The van der Waals surface area contributed by atoms with Gasteiger partial charge in [-0.15, -0.1) is 0 Å². The van der Waals surface area contributed by atoms with E-state index in [9.17, 15) is 0 Å². The van der Waals surface area contributed by atoms with E-state index in [0.29, 0.717) is 17.7 Å². The highest BCUT2D eigenvalue weighted by Crippen LogP contribution is 2.50. The van der Waals surface area contributed by atoms with Gasteiger partial charge in [-0.1, -0.05) is 103 Å². The number of anilines is 2. The zero-order valence-corrected chi connectivity index (χ0v) is 29.1. The summed E-state index contributed by atoms with van der Waals surface area (Å²) in [6.45, 7) is 2.13. The standard InChI is InChI=1S/C28H27N3.C19H17N/c29-18-6-10-26(30)21-14-12-20(13-15-21)22-16-17-28-25(19-22)24-9-4-5-11-27(24)31(28)23-7-2-1-3-8-23;1-14-10-12-15(13-11-14)20-18-8-4-2-6-16(18)17-7-3-5-9-19(17)20/h1-3,5-8,10-19,24,27H,4,9,29-30H2;2,4-6,8-13H,3,7H2,1H3/b18-6-,26-10-;. The molecule has 4 nitrogen and oxygen atoms in total. The van der Waals surface area contributed by atoms with Crippen LogP contribution in [0.1, 0.15) is 53.1 Å². The van der Waals surface area contributed by atoms with E-state index in [1.54, 1.807) is 6.08 Å². The normalized spacial score (nSPS) is 17.6. The number of aryl methyl sites for hydroxylation is 2. The Hall–Kier alpha value is -6.00. The molecule has 9 rings (SSSR count). The number of nitrogens with two attached hydrogens (primary N) is 2. The summed E-state index contributed by atoms with van der Waals surface area (Å²) in [5, 5.41) is 1.40. The first-order valence-electron chi connectivity index (χ1n) is 18.1. The predicted octanol–water partition coefficient (Wildman–Crippen LogP) is 11.0. The Bertz CT molecular complexity index is 2290. The zero-order valence-electron chi connectivity index (χ0n) is 29.1. The van der Waals surface area contributed by atoms with Gasteiger partial charge in [-0.3, -0.25) is 0 Å². The smallest absolute Gasteiger partial charge is 0.0591 e. The van der Waals surface area contributed by atoms with E-state index >= 15 is 0 Å². The summed E-state index contributed by atoms with van der Waals surface area (Å²) in [7, 11) is 0. The van der Waals surface area contributed by atoms with Crippen LogP contribution in [0.3, 0.4) is 0 Å². The topological polar surface area (TPSA) is 60.2 Å². The van der Waals surface area contributed by atoms with Crippen LogP contribution in [0.2, 0.25) is 0 Å². The van der Waals surface area contributed by atoms with Crippen molar-refractivity contribution in [3.8, 4) is 16.8 Å². The SMILES string of the molecule is Cc1ccc(-n2c3c(c4ccccc42)CCC=C3)cc1.N/C=C\C=C(/N)c1ccc(-c2ccc3c(c2)C2CCC=CC2N3c2ccccc2)cc1. The molecule has 0 saturated carbocycles. The van der Waals surface area contributed by atoms with Crippen molar-refractivity contribution in [2.75, 3.05) is 4.90 Å². The number of nitrogens with zero attached hydrogens (tertiary/aromatic N) is 2. The lowest BCUT2D eigenvalue weighted by Crippen LogP contribution is -2.29. The second-order valence-electron chi connectivity index (χ2n) is 13.7. The van der Waals surface area contributed by atoms with Crippen LogP contribution in [-0.4, -0.2) is 10.6 Å². The van der Waals surface area contributed by atoms with Crippen molar-refractivity contribution in [1.29, 1.82) is 0 Å². The van der Waals surface area contributed by atoms with Gasteiger partial charge in [-0.05, 0) is 127 Å². The quantitative estimate of drug-likeness (QED) is 0.142. The van der Waals surface area contributed by atoms with E-state index in [1.807, 2.05) is 6.08 Å². The molecule has 5 aromatic carbocycles. The number of aromatic nitrogens is 1. The molecule has 2 heterocycles. The molecular weight excluding hydrogens is 621 g/mol. The molecular formula is C47H44N4. The lowest BCUT2D eigenvalue weighted by atomic mass is 9.85. The molecule has 4 heteroatoms. The van der Waals surface area contributed by atoms with Crippen molar-refractivity contribution in [2.45, 2.75) is 44.6 Å². The minimum Gasteiger partial charge on any atom is -0.405 e. The maximum atomic E-state index is 6.13. The molecule has 4 N–H and O–H groups in total. The van der Waals surface area contributed by atoms with Crippen LogP contribution in [-0.2, 0) is 6.42 Å².